The molecule has 14 aromatic rings. The lowest BCUT2D eigenvalue weighted by atomic mass is 9.57. The number of nitrogens with one attached hydrogen (secondary N) is 1. The fraction of sp³-hybridized carbons (Fsp3) is 0.0127. The number of thiophene rings is 1. The first-order valence-electron chi connectivity index (χ1n) is 28.7. The van der Waals surface area contributed by atoms with Gasteiger partial charge in [0.2, 0.25) is 0 Å². The van der Waals surface area contributed by atoms with Crippen molar-refractivity contribution in [3.8, 4) is 66.8 Å². The molecule has 1 aliphatic rings. The average molecular weight is 1090 g/mol. The Morgan fingerprint density at radius 2 is 0.821 bits per heavy atom. The molecule has 0 fully saturated rings. The van der Waals surface area contributed by atoms with Gasteiger partial charge in [-0.15, -0.1) is 11.3 Å². The van der Waals surface area contributed by atoms with E-state index in [0.29, 0.717) is 0 Å². The van der Waals surface area contributed by atoms with Crippen molar-refractivity contribution >= 4 is 95.2 Å². The number of anilines is 8. The Morgan fingerprint density at radius 1 is 0.357 bits per heavy atom. The first-order chi connectivity index (χ1) is 41.5. The third-order valence-electron chi connectivity index (χ3n) is 16.4. The molecule has 0 aliphatic carbocycles. The highest BCUT2D eigenvalue weighted by Gasteiger charge is 2.32. The molecule has 0 amide bonds. The summed E-state index contributed by atoms with van der Waals surface area (Å²) in [5.74, 6) is 0. The van der Waals surface area contributed by atoms with Crippen LogP contribution in [0.25, 0.3) is 86.9 Å². The van der Waals surface area contributed by atoms with Gasteiger partial charge >= 0.3 is 0 Å². The molecule has 15 rings (SSSR count). The van der Waals surface area contributed by atoms with Gasteiger partial charge in [0.15, 0.2) is 7.28 Å². The van der Waals surface area contributed by atoms with Crippen molar-refractivity contribution in [2.45, 2.75) is 6.92 Å². The second-order valence-electron chi connectivity index (χ2n) is 21.6. The first-order valence-corrected chi connectivity index (χ1v) is 29.5. The molecule has 84 heavy (non-hydrogen) atoms. The van der Waals surface area contributed by atoms with E-state index in [-0.39, 0.29) is 0 Å². The summed E-state index contributed by atoms with van der Waals surface area (Å²) in [5.41, 5.74) is 26.1. The van der Waals surface area contributed by atoms with Crippen molar-refractivity contribution in [3.63, 3.8) is 0 Å². The Kier molecular flexibility index (Phi) is 13.1. The molecule has 1 aromatic heterocycles. The lowest BCUT2D eigenvalue weighted by Crippen LogP contribution is -2.41. The van der Waals surface area contributed by atoms with E-state index in [1.165, 1.54) is 70.2 Å². The number of aryl methyl sites for hydroxylation is 1. The molecule has 0 saturated carbocycles. The molecule has 5 heteroatoms. The number of nitrogens with zero attached hydrogens (tertiary/aromatic N) is 2. The summed E-state index contributed by atoms with van der Waals surface area (Å²) in [6, 6.07) is 113. The summed E-state index contributed by atoms with van der Waals surface area (Å²) in [5, 5.41) is 6.50. The third-order valence-corrected chi connectivity index (χ3v) is 17.5. The molecule has 0 unspecified atom stereocenters. The lowest BCUT2D eigenvalue weighted by Gasteiger charge is -2.37. The van der Waals surface area contributed by atoms with Gasteiger partial charge in [-0.3, -0.25) is 0 Å². The first kappa shape index (κ1) is 50.5. The molecular formula is C79H55BN3S. The summed E-state index contributed by atoms with van der Waals surface area (Å²) < 4.78 is 2.48. The molecule has 13 aromatic carbocycles. The van der Waals surface area contributed by atoms with Crippen LogP contribution in [0.15, 0.2) is 309 Å². The summed E-state index contributed by atoms with van der Waals surface area (Å²) >= 11 is 1.87. The average Bonchev–Trinajstić information content (AvgIpc) is 1.50. The topological polar surface area (TPSA) is 18.5 Å². The standard InChI is InChI=1S/C79H55BN3S/c1-53-48-62(57-26-13-5-14-27-57)39-46-72(53)83-73-47-44-67(82(65-40-34-59(35-41-65)54-20-7-2-8-21-54)66-42-36-60(37-43-66)55-22-9-3-10-23-55)51-70(73)80-79-74(83)52-76-77(68-32-17-18-33-75(68)84-76)78(79)69-50-63(58-28-15-6-16-29-58)38-45-71(69)81-64-31-19-30-61(49-64)56-24-11-4-12-25-56/h2-52,81H,1H3. The maximum absolute atomic E-state index is 4.02. The van der Waals surface area contributed by atoms with Crippen molar-refractivity contribution in [2.75, 3.05) is 15.1 Å². The summed E-state index contributed by atoms with van der Waals surface area (Å²) in [4.78, 5) is 4.94. The van der Waals surface area contributed by atoms with Crippen molar-refractivity contribution < 1.29 is 0 Å². The second kappa shape index (κ2) is 21.8. The Labute approximate surface area is 495 Å². The van der Waals surface area contributed by atoms with E-state index in [4.69, 9.17) is 0 Å². The summed E-state index contributed by atoms with van der Waals surface area (Å²) in [6.45, 7) is 2.27. The highest BCUT2D eigenvalue weighted by Crippen LogP contribution is 2.49. The summed E-state index contributed by atoms with van der Waals surface area (Å²) in [6.07, 6.45) is 0. The van der Waals surface area contributed by atoms with Crippen LogP contribution in [-0.2, 0) is 0 Å². The molecule has 395 valence electrons. The van der Waals surface area contributed by atoms with E-state index in [2.05, 4.69) is 339 Å². The van der Waals surface area contributed by atoms with Crippen molar-refractivity contribution in [1.82, 2.24) is 0 Å². The number of benzene rings is 13. The van der Waals surface area contributed by atoms with E-state index < -0.39 is 0 Å². The number of fused-ring (bicyclic) bond motifs is 5. The number of rotatable bonds is 12. The minimum absolute atomic E-state index is 1.02. The van der Waals surface area contributed by atoms with Gasteiger partial charge in [0.1, 0.15) is 0 Å². The zero-order valence-electron chi connectivity index (χ0n) is 46.3. The van der Waals surface area contributed by atoms with E-state index in [9.17, 15) is 0 Å². The minimum atomic E-state index is 1.02. The molecule has 1 N–H and O–H groups in total. The normalized spacial score (nSPS) is 11.7. The monoisotopic (exact) mass is 1090 g/mol. The van der Waals surface area contributed by atoms with Crippen LogP contribution in [0.1, 0.15) is 5.56 Å². The highest BCUT2D eigenvalue weighted by atomic mass is 32.1. The van der Waals surface area contributed by atoms with Gasteiger partial charge in [0.05, 0.1) is 0 Å². The van der Waals surface area contributed by atoms with Gasteiger partial charge in [-0.25, -0.2) is 0 Å². The van der Waals surface area contributed by atoms with Gasteiger partial charge in [0.25, 0.3) is 0 Å². The molecule has 0 bridgehead atoms. The Hall–Kier alpha value is -10.5. The van der Waals surface area contributed by atoms with Gasteiger partial charge in [-0.1, -0.05) is 224 Å². The largest absolute Gasteiger partial charge is 0.355 e. The zero-order chi connectivity index (χ0) is 55.9. The maximum Gasteiger partial charge on any atom is 0.198 e. The third kappa shape index (κ3) is 9.50. The molecule has 1 aliphatic heterocycles. The fourth-order valence-electron chi connectivity index (χ4n) is 12.3. The summed E-state index contributed by atoms with van der Waals surface area (Å²) in [7, 11) is 2.48. The van der Waals surface area contributed by atoms with E-state index in [0.717, 1.165) is 78.7 Å². The Morgan fingerprint density at radius 3 is 1.40 bits per heavy atom. The van der Waals surface area contributed by atoms with Crippen LogP contribution < -0.4 is 26.0 Å². The van der Waals surface area contributed by atoms with Crippen molar-refractivity contribution in [2.24, 2.45) is 0 Å². The quantitative estimate of drug-likeness (QED) is 0.123. The van der Waals surface area contributed by atoms with Gasteiger partial charge in [-0.05, 0) is 170 Å². The zero-order valence-corrected chi connectivity index (χ0v) is 47.1. The van der Waals surface area contributed by atoms with Crippen LogP contribution in [0.2, 0.25) is 0 Å². The highest BCUT2D eigenvalue weighted by molar-refractivity contribution is 7.26. The minimum Gasteiger partial charge on any atom is -0.355 e. The van der Waals surface area contributed by atoms with E-state index in [1.54, 1.807) is 0 Å². The molecule has 0 spiro atoms. The van der Waals surface area contributed by atoms with Crippen LogP contribution in [-0.4, -0.2) is 7.28 Å². The predicted molar refractivity (Wildman–Crippen MR) is 361 cm³/mol. The van der Waals surface area contributed by atoms with Gasteiger partial charge in [-0.2, -0.15) is 0 Å². The maximum atomic E-state index is 4.02. The molecule has 0 atom stereocenters. The number of hydrogen-bond acceptors (Lipinski definition) is 4. The van der Waals surface area contributed by atoms with Crippen LogP contribution in [0.5, 0.6) is 0 Å². The van der Waals surface area contributed by atoms with Crippen LogP contribution in [0.4, 0.5) is 45.5 Å². The molecule has 2 heterocycles. The second-order valence-corrected chi connectivity index (χ2v) is 22.7. The van der Waals surface area contributed by atoms with Crippen molar-refractivity contribution in [1.29, 1.82) is 0 Å². The predicted octanol–water partition coefficient (Wildman–Crippen LogP) is 21.0. The van der Waals surface area contributed by atoms with Crippen LogP contribution in [0, 0.1) is 6.92 Å². The SMILES string of the molecule is Cc1cc(-c2ccccc2)ccc1N1c2ccc(N(c3ccc(-c4ccccc4)cc3)c3ccc(-c4ccccc4)cc3)cc2[B]c2c1cc1sc3ccccc3c1c2-c1cc(-c2ccccc2)ccc1Nc1cccc(-c2ccccc2)c1. The Balaban J connectivity index is 0.967. The van der Waals surface area contributed by atoms with E-state index >= 15 is 0 Å². The lowest BCUT2D eigenvalue weighted by molar-refractivity contribution is 1.25. The Bertz CT molecular complexity index is 4620. The van der Waals surface area contributed by atoms with Crippen LogP contribution in [0.3, 0.4) is 0 Å². The van der Waals surface area contributed by atoms with Crippen LogP contribution >= 0.6 is 11.3 Å². The molecular weight excluding hydrogens is 1030 g/mol. The number of hydrogen-bond donors (Lipinski definition) is 1. The van der Waals surface area contributed by atoms with Gasteiger partial charge < -0.3 is 15.1 Å². The van der Waals surface area contributed by atoms with Crippen molar-refractivity contribution in [3.05, 3.63) is 315 Å². The van der Waals surface area contributed by atoms with E-state index in [1.807, 2.05) is 11.3 Å². The molecule has 0 saturated heterocycles. The molecule has 3 nitrogen and oxygen atoms in total. The molecule has 1 radical (unpaired) electrons. The van der Waals surface area contributed by atoms with Gasteiger partial charge in [0, 0.05) is 71.2 Å². The smallest absolute Gasteiger partial charge is 0.198 e. The fourth-order valence-corrected chi connectivity index (χ4v) is 13.5.